The zero-order valence-corrected chi connectivity index (χ0v) is 19.0. The van der Waals surface area contributed by atoms with E-state index in [4.69, 9.17) is 0 Å². The standard InChI is InChI=1S/C21H26BrN3O3S/c1-24(29(2,27)28)20-10-4-9-19(13-20)23-21(26)17-7-5-11-25(15-17)14-16-6-3-8-18(22)12-16/h3-4,6,8-10,12-13,17H,5,7,11,14-15H2,1-2H3,(H,23,26). The Morgan fingerprint density at radius 1 is 1.24 bits per heavy atom. The van der Waals surface area contributed by atoms with Gasteiger partial charge in [0, 0.05) is 30.3 Å². The minimum atomic E-state index is -3.35. The van der Waals surface area contributed by atoms with Crippen molar-refractivity contribution in [3.05, 3.63) is 58.6 Å². The molecule has 0 saturated carbocycles. The Hall–Kier alpha value is -1.90. The van der Waals surface area contributed by atoms with Gasteiger partial charge in [0.15, 0.2) is 0 Å². The average molecular weight is 480 g/mol. The van der Waals surface area contributed by atoms with Crippen LogP contribution in [0.2, 0.25) is 0 Å². The molecule has 1 fully saturated rings. The number of halogens is 1. The molecule has 0 bridgehead atoms. The summed E-state index contributed by atoms with van der Waals surface area (Å²) in [5.41, 5.74) is 2.34. The third-order valence-corrected chi connectivity index (χ3v) is 6.85. The van der Waals surface area contributed by atoms with Crippen molar-refractivity contribution in [3.63, 3.8) is 0 Å². The number of rotatable bonds is 6. The number of piperidine rings is 1. The number of amides is 1. The summed E-state index contributed by atoms with van der Waals surface area (Å²) < 4.78 is 25.8. The highest BCUT2D eigenvalue weighted by Gasteiger charge is 2.26. The van der Waals surface area contributed by atoms with Crippen LogP contribution in [0.3, 0.4) is 0 Å². The summed E-state index contributed by atoms with van der Waals surface area (Å²) in [6.45, 7) is 2.50. The molecule has 1 saturated heterocycles. The number of nitrogens with zero attached hydrogens (tertiary/aromatic N) is 2. The number of likely N-dealkylation sites (tertiary alicyclic amines) is 1. The molecule has 1 aliphatic heterocycles. The van der Waals surface area contributed by atoms with Crippen molar-refractivity contribution in [1.29, 1.82) is 0 Å². The largest absolute Gasteiger partial charge is 0.326 e. The number of sulfonamides is 1. The minimum Gasteiger partial charge on any atom is -0.326 e. The quantitative estimate of drug-likeness (QED) is 0.685. The lowest BCUT2D eigenvalue weighted by Gasteiger charge is -2.32. The number of hydrogen-bond acceptors (Lipinski definition) is 4. The fourth-order valence-corrected chi connectivity index (χ4v) is 4.47. The number of anilines is 2. The lowest BCUT2D eigenvalue weighted by molar-refractivity contribution is -0.121. The maximum Gasteiger partial charge on any atom is 0.231 e. The molecule has 1 heterocycles. The van der Waals surface area contributed by atoms with Crippen LogP contribution in [0, 0.1) is 5.92 Å². The predicted octanol–water partition coefficient (Wildman–Crippen LogP) is 3.70. The molecule has 1 aliphatic rings. The Labute approximate surface area is 181 Å². The topological polar surface area (TPSA) is 69.7 Å². The van der Waals surface area contributed by atoms with Gasteiger partial charge in [0.1, 0.15) is 0 Å². The van der Waals surface area contributed by atoms with E-state index in [0.717, 1.165) is 36.7 Å². The second kappa shape index (κ2) is 9.28. The number of nitrogens with one attached hydrogen (secondary N) is 1. The van der Waals surface area contributed by atoms with E-state index in [0.29, 0.717) is 17.9 Å². The monoisotopic (exact) mass is 479 g/mol. The molecule has 0 aliphatic carbocycles. The van der Waals surface area contributed by atoms with Crippen LogP contribution in [0.5, 0.6) is 0 Å². The molecular weight excluding hydrogens is 454 g/mol. The van der Waals surface area contributed by atoms with Gasteiger partial charge in [0.2, 0.25) is 15.9 Å². The molecule has 1 amide bonds. The van der Waals surface area contributed by atoms with E-state index < -0.39 is 10.0 Å². The summed E-state index contributed by atoms with van der Waals surface area (Å²) in [4.78, 5) is 15.1. The molecule has 6 nitrogen and oxygen atoms in total. The molecule has 0 aromatic heterocycles. The fraction of sp³-hybridized carbons (Fsp3) is 0.381. The number of carbonyl (C=O) groups is 1. The first-order valence-corrected chi connectivity index (χ1v) is 12.2. The summed E-state index contributed by atoms with van der Waals surface area (Å²) >= 11 is 3.50. The van der Waals surface area contributed by atoms with Crippen LogP contribution in [0.1, 0.15) is 18.4 Å². The van der Waals surface area contributed by atoms with Crippen molar-refractivity contribution in [3.8, 4) is 0 Å². The Balaban J connectivity index is 1.63. The minimum absolute atomic E-state index is 0.0249. The van der Waals surface area contributed by atoms with E-state index in [1.54, 1.807) is 24.3 Å². The Kier molecular flexibility index (Phi) is 6.97. The number of hydrogen-bond donors (Lipinski definition) is 1. The van der Waals surface area contributed by atoms with Gasteiger partial charge in [-0.25, -0.2) is 8.42 Å². The van der Waals surface area contributed by atoms with Gasteiger partial charge < -0.3 is 5.32 Å². The molecule has 2 aromatic carbocycles. The number of carbonyl (C=O) groups excluding carboxylic acids is 1. The fourth-order valence-electron chi connectivity index (χ4n) is 3.52. The van der Waals surface area contributed by atoms with Crippen LogP contribution in [0.25, 0.3) is 0 Å². The van der Waals surface area contributed by atoms with Crippen LogP contribution >= 0.6 is 15.9 Å². The Bertz CT molecular complexity index is 981. The summed E-state index contributed by atoms with van der Waals surface area (Å²) in [7, 11) is -1.85. The van der Waals surface area contributed by atoms with E-state index in [1.165, 1.54) is 16.9 Å². The van der Waals surface area contributed by atoms with E-state index in [9.17, 15) is 13.2 Å². The summed E-state index contributed by atoms with van der Waals surface area (Å²) in [5, 5.41) is 2.96. The van der Waals surface area contributed by atoms with Crippen molar-refractivity contribution in [1.82, 2.24) is 4.90 Å². The van der Waals surface area contributed by atoms with Gasteiger partial charge >= 0.3 is 0 Å². The second-order valence-electron chi connectivity index (χ2n) is 7.47. The van der Waals surface area contributed by atoms with E-state index in [1.807, 2.05) is 12.1 Å². The molecule has 1 unspecified atom stereocenters. The molecule has 8 heteroatoms. The lowest BCUT2D eigenvalue weighted by atomic mass is 9.96. The van der Waals surface area contributed by atoms with Crippen LogP contribution in [0.4, 0.5) is 11.4 Å². The van der Waals surface area contributed by atoms with Gasteiger partial charge in [-0.3, -0.25) is 14.0 Å². The van der Waals surface area contributed by atoms with Gasteiger partial charge in [-0.15, -0.1) is 0 Å². The average Bonchev–Trinajstić information content (AvgIpc) is 2.67. The third kappa shape index (κ3) is 6.04. The van der Waals surface area contributed by atoms with Crippen molar-refractivity contribution in [2.45, 2.75) is 19.4 Å². The van der Waals surface area contributed by atoms with Crippen molar-refractivity contribution in [2.24, 2.45) is 5.92 Å². The molecule has 156 valence electrons. The molecule has 1 N–H and O–H groups in total. The molecule has 1 atom stereocenters. The van der Waals surface area contributed by atoms with E-state index in [-0.39, 0.29) is 11.8 Å². The highest BCUT2D eigenvalue weighted by molar-refractivity contribution is 9.10. The van der Waals surface area contributed by atoms with Crippen LogP contribution in [-0.4, -0.2) is 45.6 Å². The predicted molar refractivity (Wildman–Crippen MR) is 120 cm³/mol. The first-order valence-electron chi connectivity index (χ1n) is 9.54. The van der Waals surface area contributed by atoms with Gasteiger partial charge in [0.25, 0.3) is 0 Å². The van der Waals surface area contributed by atoms with Crippen molar-refractivity contribution in [2.75, 3.05) is 36.0 Å². The SMILES string of the molecule is CN(c1cccc(NC(=O)C2CCCN(Cc3cccc(Br)c3)C2)c1)S(C)(=O)=O. The number of benzene rings is 2. The Morgan fingerprint density at radius 3 is 2.72 bits per heavy atom. The molecule has 0 spiro atoms. The van der Waals surface area contributed by atoms with Gasteiger partial charge in [-0.05, 0) is 55.3 Å². The molecule has 2 aromatic rings. The summed E-state index contributed by atoms with van der Waals surface area (Å²) in [6.07, 6.45) is 2.98. The van der Waals surface area contributed by atoms with Gasteiger partial charge in [0.05, 0.1) is 17.9 Å². The maximum atomic E-state index is 12.8. The zero-order valence-electron chi connectivity index (χ0n) is 16.6. The van der Waals surface area contributed by atoms with Crippen LogP contribution < -0.4 is 9.62 Å². The first kappa shape index (κ1) is 21.8. The first-order chi connectivity index (χ1) is 13.7. The smallest absolute Gasteiger partial charge is 0.231 e. The third-order valence-electron chi connectivity index (χ3n) is 5.15. The summed E-state index contributed by atoms with van der Waals surface area (Å²) in [6, 6.07) is 15.1. The molecule has 3 rings (SSSR count). The van der Waals surface area contributed by atoms with Crippen molar-refractivity contribution >= 4 is 43.2 Å². The highest BCUT2D eigenvalue weighted by atomic mass is 79.9. The van der Waals surface area contributed by atoms with E-state index in [2.05, 4.69) is 38.3 Å². The highest BCUT2D eigenvalue weighted by Crippen LogP contribution is 2.24. The molecule has 29 heavy (non-hydrogen) atoms. The van der Waals surface area contributed by atoms with Crippen LogP contribution in [0.15, 0.2) is 53.0 Å². The normalized spacial score (nSPS) is 17.7. The summed E-state index contributed by atoms with van der Waals surface area (Å²) in [5.74, 6) is -0.115. The van der Waals surface area contributed by atoms with Crippen LogP contribution in [-0.2, 0) is 21.4 Å². The van der Waals surface area contributed by atoms with E-state index >= 15 is 0 Å². The maximum absolute atomic E-state index is 12.8. The Morgan fingerprint density at radius 2 is 2.00 bits per heavy atom. The second-order valence-corrected chi connectivity index (χ2v) is 10.4. The molecule has 0 radical (unpaired) electrons. The lowest BCUT2D eigenvalue weighted by Crippen LogP contribution is -2.40. The van der Waals surface area contributed by atoms with Gasteiger partial charge in [-0.2, -0.15) is 0 Å². The zero-order chi connectivity index (χ0) is 21.0. The van der Waals surface area contributed by atoms with Gasteiger partial charge in [-0.1, -0.05) is 34.1 Å². The van der Waals surface area contributed by atoms with Crippen molar-refractivity contribution < 1.29 is 13.2 Å². The molecular formula is C21H26BrN3O3S.